The Morgan fingerprint density at radius 1 is 1.25 bits per heavy atom. The first-order valence-electron chi connectivity index (χ1n) is 4.97. The molecule has 0 heterocycles. The van der Waals surface area contributed by atoms with Crippen LogP contribution in [0.1, 0.15) is 25.3 Å². The van der Waals surface area contributed by atoms with Crippen molar-refractivity contribution in [2.24, 2.45) is 0 Å². The van der Waals surface area contributed by atoms with E-state index in [4.69, 9.17) is 0 Å². The van der Waals surface area contributed by atoms with Gasteiger partial charge in [-0.1, -0.05) is 19.4 Å². The smallest absolute Gasteiger partial charge is 0.207 e. The molecule has 0 aliphatic rings. The van der Waals surface area contributed by atoms with Gasteiger partial charge in [0.1, 0.15) is 5.82 Å². The molecule has 0 aromatic heterocycles. The number of hydrogen-bond acceptors (Lipinski definition) is 1. The molecule has 0 unspecified atom stereocenters. The van der Waals surface area contributed by atoms with Gasteiger partial charge in [0.25, 0.3) is 0 Å². The van der Waals surface area contributed by atoms with Gasteiger partial charge in [0, 0.05) is 10.5 Å². The average molecular weight is 252 g/mol. The lowest BCUT2D eigenvalue weighted by Crippen LogP contribution is -2.02. The molecule has 0 saturated heterocycles. The van der Waals surface area contributed by atoms with Crippen LogP contribution in [0.25, 0.3) is 0 Å². The highest BCUT2D eigenvalue weighted by molar-refractivity contribution is 8.00. The van der Waals surface area contributed by atoms with Crippen molar-refractivity contribution in [3.8, 4) is 0 Å². The minimum atomic E-state index is -4.37. The van der Waals surface area contributed by atoms with Gasteiger partial charge in [-0.3, -0.25) is 0 Å². The van der Waals surface area contributed by atoms with Gasteiger partial charge in [-0.15, -0.1) is 0 Å². The lowest BCUT2D eigenvalue weighted by atomic mass is 10.1. The molecule has 1 aromatic rings. The molecule has 5 heteroatoms. The van der Waals surface area contributed by atoms with Crippen LogP contribution in [0.5, 0.6) is 0 Å². The minimum absolute atomic E-state index is 0.0269. The average Bonchev–Trinajstić information content (AvgIpc) is 2.14. The molecule has 0 aliphatic heterocycles. The van der Waals surface area contributed by atoms with Crippen molar-refractivity contribution in [2.75, 3.05) is 0 Å². The van der Waals surface area contributed by atoms with Crippen molar-refractivity contribution in [1.29, 1.82) is 0 Å². The summed E-state index contributed by atoms with van der Waals surface area (Å²) in [5, 5.41) is 0. The Bertz CT molecular complexity index is 346. The second-order valence-corrected chi connectivity index (χ2v) is 4.47. The molecule has 0 amide bonds. The molecule has 0 fully saturated rings. The van der Waals surface area contributed by atoms with E-state index in [2.05, 4.69) is 0 Å². The van der Waals surface area contributed by atoms with Gasteiger partial charge >= 0.3 is 5.51 Å². The van der Waals surface area contributed by atoms with E-state index in [0.717, 1.165) is 6.42 Å². The van der Waals surface area contributed by atoms with Crippen LogP contribution in [0.15, 0.2) is 23.1 Å². The summed E-state index contributed by atoms with van der Waals surface area (Å²) in [6, 6.07) is 3.82. The largest absolute Gasteiger partial charge is 0.446 e. The summed E-state index contributed by atoms with van der Waals surface area (Å²) in [5.74, 6) is -0.553. The standard InChI is InChI=1S/C11H12F4S/c1-2-3-5-8-9(12)6-4-7-10(8)16-11(13,14)15/h4,6-7H,2-3,5H2,1H3. The van der Waals surface area contributed by atoms with E-state index in [-0.39, 0.29) is 22.2 Å². The second-order valence-electron chi connectivity index (χ2n) is 3.37. The van der Waals surface area contributed by atoms with E-state index >= 15 is 0 Å². The molecular formula is C11H12F4S. The molecule has 0 radical (unpaired) electrons. The number of unbranched alkanes of at least 4 members (excludes halogenated alkanes) is 1. The van der Waals surface area contributed by atoms with Gasteiger partial charge in [-0.25, -0.2) is 4.39 Å². The van der Waals surface area contributed by atoms with Gasteiger partial charge < -0.3 is 0 Å². The maximum atomic E-state index is 13.4. The topological polar surface area (TPSA) is 0 Å². The third-order valence-corrected chi connectivity index (χ3v) is 2.92. The van der Waals surface area contributed by atoms with E-state index < -0.39 is 11.3 Å². The number of thioether (sulfide) groups is 1. The Morgan fingerprint density at radius 2 is 1.94 bits per heavy atom. The van der Waals surface area contributed by atoms with Crippen molar-refractivity contribution < 1.29 is 17.6 Å². The molecule has 0 aliphatic carbocycles. The highest BCUT2D eigenvalue weighted by Gasteiger charge is 2.30. The molecule has 0 spiro atoms. The van der Waals surface area contributed by atoms with Crippen molar-refractivity contribution >= 4 is 11.8 Å². The molecule has 1 rings (SSSR count). The molecular weight excluding hydrogens is 240 g/mol. The van der Waals surface area contributed by atoms with Crippen LogP contribution >= 0.6 is 11.8 Å². The zero-order valence-corrected chi connectivity index (χ0v) is 9.59. The highest BCUT2D eigenvalue weighted by atomic mass is 32.2. The molecule has 90 valence electrons. The molecule has 16 heavy (non-hydrogen) atoms. The Labute approximate surface area is 96.0 Å². The van der Waals surface area contributed by atoms with Gasteiger partial charge in [-0.2, -0.15) is 13.2 Å². The Hall–Kier alpha value is -0.710. The number of hydrogen-bond donors (Lipinski definition) is 0. The van der Waals surface area contributed by atoms with Gasteiger partial charge in [0.15, 0.2) is 0 Å². The Balaban J connectivity index is 2.93. The number of alkyl halides is 3. The maximum Gasteiger partial charge on any atom is 0.446 e. The lowest BCUT2D eigenvalue weighted by molar-refractivity contribution is -0.0328. The summed E-state index contributed by atoms with van der Waals surface area (Å²) in [5.41, 5.74) is -4.19. The molecule has 0 nitrogen and oxygen atoms in total. The van der Waals surface area contributed by atoms with Crippen molar-refractivity contribution in [2.45, 2.75) is 36.6 Å². The van der Waals surface area contributed by atoms with Gasteiger partial charge in [0.05, 0.1) is 0 Å². The van der Waals surface area contributed by atoms with Crippen LogP contribution in [-0.4, -0.2) is 5.51 Å². The van der Waals surface area contributed by atoms with Crippen LogP contribution in [0, 0.1) is 5.82 Å². The summed E-state index contributed by atoms with van der Waals surface area (Å²) < 4.78 is 50.0. The number of halogens is 4. The predicted molar refractivity (Wildman–Crippen MR) is 56.9 cm³/mol. The normalized spacial score (nSPS) is 11.8. The lowest BCUT2D eigenvalue weighted by Gasteiger charge is -2.11. The van der Waals surface area contributed by atoms with E-state index in [9.17, 15) is 17.6 Å². The molecule has 1 aromatic carbocycles. The molecule has 0 bridgehead atoms. The van der Waals surface area contributed by atoms with Crippen LogP contribution in [-0.2, 0) is 6.42 Å². The molecule has 0 N–H and O–H groups in total. The minimum Gasteiger partial charge on any atom is -0.207 e. The fraction of sp³-hybridized carbons (Fsp3) is 0.455. The Morgan fingerprint density at radius 3 is 2.50 bits per heavy atom. The monoisotopic (exact) mass is 252 g/mol. The fourth-order valence-corrected chi connectivity index (χ4v) is 2.07. The molecule has 0 saturated carbocycles. The van der Waals surface area contributed by atoms with E-state index in [0.29, 0.717) is 12.8 Å². The first-order valence-corrected chi connectivity index (χ1v) is 5.79. The SMILES string of the molecule is CCCCc1c(F)cccc1SC(F)(F)F. The summed E-state index contributed by atoms with van der Waals surface area (Å²) in [4.78, 5) is -0.0269. The summed E-state index contributed by atoms with van der Waals surface area (Å²) in [7, 11) is 0. The van der Waals surface area contributed by atoms with Crippen LogP contribution < -0.4 is 0 Å². The van der Waals surface area contributed by atoms with Crippen molar-refractivity contribution in [3.05, 3.63) is 29.6 Å². The van der Waals surface area contributed by atoms with Crippen molar-refractivity contribution in [3.63, 3.8) is 0 Å². The second kappa shape index (κ2) is 5.57. The van der Waals surface area contributed by atoms with Gasteiger partial charge in [0.2, 0.25) is 0 Å². The van der Waals surface area contributed by atoms with Crippen LogP contribution in [0.3, 0.4) is 0 Å². The first kappa shape index (κ1) is 13.4. The zero-order chi connectivity index (χ0) is 12.2. The highest BCUT2D eigenvalue weighted by Crippen LogP contribution is 2.39. The zero-order valence-electron chi connectivity index (χ0n) is 8.77. The summed E-state index contributed by atoms with van der Waals surface area (Å²) in [6.45, 7) is 1.91. The van der Waals surface area contributed by atoms with E-state index in [1.807, 2.05) is 6.92 Å². The fourth-order valence-electron chi connectivity index (χ4n) is 1.36. The number of rotatable bonds is 4. The maximum absolute atomic E-state index is 13.4. The predicted octanol–water partition coefficient (Wildman–Crippen LogP) is 4.78. The Kier molecular flexibility index (Phi) is 4.65. The van der Waals surface area contributed by atoms with Crippen LogP contribution in [0.2, 0.25) is 0 Å². The summed E-state index contributed by atoms with van der Waals surface area (Å²) in [6.07, 6.45) is 1.86. The summed E-state index contributed by atoms with van der Waals surface area (Å²) >= 11 is -0.248. The van der Waals surface area contributed by atoms with Gasteiger partial charge in [-0.05, 0) is 36.7 Å². The first-order chi connectivity index (χ1) is 7.44. The molecule has 0 atom stereocenters. The third kappa shape index (κ3) is 4.04. The quantitative estimate of drug-likeness (QED) is 0.549. The third-order valence-electron chi connectivity index (χ3n) is 2.08. The number of benzene rings is 1. The van der Waals surface area contributed by atoms with Crippen molar-refractivity contribution in [1.82, 2.24) is 0 Å². The van der Waals surface area contributed by atoms with E-state index in [1.165, 1.54) is 18.2 Å². The van der Waals surface area contributed by atoms with E-state index in [1.54, 1.807) is 0 Å². The van der Waals surface area contributed by atoms with Crippen LogP contribution in [0.4, 0.5) is 17.6 Å².